The van der Waals surface area contributed by atoms with Crippen LogP contribution in [0.1, 0.15) is 19.4 Å². The van der Waals surface area contributed by atoms with Gasteiger partial charge in [0.25, 0.3) is 0 Å². The van der Waals surface area contributed by atoms with Crippen molar-refractivity contribution < 1.29 is 9.18 Å². The lowest BCUT2D eigenvalue weighted by molar-refractivity contribution is -0.116. The highest BCUT2D eigenvalue weighted by molar-refractivity contribution is 9.10. The first-order chi connectivity index (χ1) is 7.86. The van der Waals surface area contributed by atoms with Gasteiger partial charge in [-0.05, 0) is 23.8 Å². The van der Waals surface area contributed by atoms with Crippen molar-refractivity contribution in [3.05, 3.63) is 34.1 Å². The van der Waals surface area contributed by atoms with Gasteiger partial charge in [-0.15, -0.1) is 0 Å². The predicted molar refractivity (Wildman–Crippen MR) is 65.7 cm³/mol. The Bertz CT molecular complexity index is 480. The first kappa shape index (κ1) is 13.7. The first-order valence-corrected chi connectivity index (χ1v) is 5.79. The Balaban J connectivity index is 2.93. The van der Waals surface area contributed by atoms with Gasteiger partial charge >= 0.3 is 5.91 Å². The summed E-state index contributed by atoms with van der Waals surface area (Å²) in [4.78, 5) is 10.9. The van der Waals surface area contributed by atoms with E-state index in [1.54, 1.807) is 26.0 Å². The van der Waals surface area contributed by atoms with Crippen molar-refractivity contribution >= 4 is 21.8 Å². The topological polar surface area (TPSA) is 52.9 Å². The van der Waals surface area contributed by atoms with Crippen molar-refractivity contribution in [3.8, 4) is 6.07 Å². The molecule has 0 aliphatic carbocycles. The highest BCUT2D eigenvalue weighted by atomic mass is 79.9. The van der Waals surface area contributed by atoms with Gasteiger partial charge in [0, 0.05) is 16.4 Å². The second-order valence-corrected chi connectivity index (χ2v) is 5.22. The van der Waals surface area contributed by atoms with Gasteiger partial charge in [0.1, 0.15) is 5.82 Å². The summed E-state index contributed by atoms with van der Waals surface area (Å²) in [7, 11) is 0. The highest BCUT2D eigenvalue weighted by Gasteiger charge is 2.25. The fourth-order valence-electron chi connectivity index (χ4n) is 1.45. The van der Waals surface area contributed by atoms with E-state index < -0.39 is 11.3 Å². The summed E-state index contributed by atoms with van der Waals surface area (Å²) >= 11 is 3.28. The Hall–Kier alpha value is -1.41. The Kier molecular flexibility index (Phi) is 4.24. The standard InChI is InChI=1S/C12H12BrFN2O/c1-12(2,7-16-11(17)6-15)9-5-8(13)3-4-10(9)14/h3-5H,7H2,1-2H3,(H,16,17). The Labute approximate surface area is 108 Å². The van der Waals surface area contributed by atoms with Crippen LogP contribution in [0, 0.1) is 17.1 Å². The van der Waals surface area contributed by atoms with Crippen LogP contribution in [0.2, 0.25) is 0 Å². The molecule has 0 aliphatic rings. The van der Waals surface area contributed by atoms with Crippen LogP contribution < -0.4 is 5.32 Å². The molecule has 0 radical (unpaired) electrons. The number of hydrogen-bond acceptors (Lipinski definition) is 2. The summed E-state index contributed by atoms with van der Waals surface area (Å²) in [5.74, 6) is -1.04. The number of carbonyl (C=O) groups excluding carboxylic acids is 1. The molecule has 0 unspecified atom stereocenters. The maximum atomic E-state index is 13.7. The molecule has 1 aromatic carbocycles. The number of carbonyl (C=O) groups is 1. The smallest absolute Gasteiger partial charge is 0.322 e. The minimum absolute atomic E-state index is 0.201. The van der Waals surface area contributed by atoms with Crippen LogP contribution in [0.5, 0.6) is 0 Å². The van der Waals surface area contributed by atoms with Crippen molar-refractivity contribution in [2.24, 2.45) is 0 Å². The third-order valence-corrected chi connectivity index (χ3v) is 2.94. The molecular formula is C12H12BrFN2O. The summed E-state index contributed by atoms with van der Waals surface area (Å²) in [6.45, 7) is 3.80. The minimum atomic E-state index is -0.714. The molecule has 0 saturated carbocycles. The normalized spacial score (nSPS) is 10.8. The van der Waals surface area contributed by atoms with Gasteiger partial charge in [-0.25, -0.2) is 4.39 Å². The number of halogens is 2. The molecule has 5 heteroatoms. The number of nitriles is 1. The molecule has 0 aliphatic heterocycles. The van der Waals surface area contributed by atoms with Crippen LogP contribution in [0.4, 0.5) is 4.39 Å². The van der Waals surface area contributed by atoms with Crippen LogP contribution in [0.25, 0.3) is 0 Å². The van der Waals surface area contributed by atoms with E-state index in [-0.39, 0.29) is 12.4 Å². The van der Waals surface area contributed by atoms with E-state index in [4.69, 9.17) is 5.26 Å². The zero-order chi connectivity index (χ0) is 13.1. The van der Waals surface area contributed by atoms with Crippen LogP contribution >= 0.6 is 15.9 Å². The molecule has 1 rings (SSSR count). The Morgan fingerprint density at radius 3 is 2.82 bits per heavy atom. The van der Waals surface area contributed by atoms with Gasteiger partial charge in [-0.2, -0.15) is 5.26 Å². The van der Waals surface area contributed by atoms with E-state index >= 15 is 0 Å². The second-order valence-electron chi connectivity index (χ2n) is 4.30. The molecule has 0 spiro atoms. The largest absolute Gasteiger partial charge is 0.343 e. The van der Waals surface area contributed by atoms with E-state index in [9.17, 15) is 9.18 Å². The maximum absolute atomic E-state index is 13.7. The quantitative estimate of drug-likeness (QED) is 0.872. The summed E-state index contributed by atoms with van der Waals surface area (Å²) < 4.78 is 14.4. The number of amides is 1. The Morgan fingerprint density at radius 2 is 2.24 bits per heavy atom. The predicted octanol–water partition coefficient (Wildman–Crippen LogP) is 2.51. The number of rotatable bonds is 3. The van der Waals surface area contributed by atoms with Crippen LogP contribution in [-0.4, -0.2) is 12.5 Å². The van der Waals surface area contributed by atoms with E-state index in [1.807, 2.05) is 0 Å². The number of nitrogens with zero attached hydrogens (tertiary/aromatic N) is 1. The minimum Gasteiger partial charge on any atom is -0.343 e. The Morgan fingerprint density at radius 1 is 1.59 bits per heavy atom. The van der Waals surface area contributed by atoms with Crippen molar-refractivity contribution in [3.63, 3.8) is 0 Å². The molecule has 0 saturated heterocycles. The number of hydrogen-bond donors (Lipinski definition) is 1. The maximum Gasteiger partial charge on any atom is 0.322 e. The fraction of sp³-hybridized carbons (Fsp3) is 0.333. The first-order valence-electron chi connectivity index (χ1n) is 5.00. The molecule has 3 nitrogen and oxygen atoms in total. The van der Waals surface area contributed by atoms with Crippen LogP contribution in [-0.2, 0) is 10.2 Å². The van der Waals surface area contributed by atoms with Crippen LogP contribution in [0.15, 0.2) is 22.7 Å². The van der Waals surface area contributed by atoms with E-state index in [0.29, 0.717) is 5.56 Å². The molecule has 0 bridgehead atoms. The molecule has 17 heavy (non-hydrogen) atoms. The third kappa shape index (κ3) is 3.53. The number of nitrogens with one attached hydrogen (secondary N) is 1. The van der Waals surface area contributed by atoms with Gasteiger partial charge < -0.3 is 5.32 Å². The molecule has 0 aromatic heterocycles. The number of benzene rings is 1. The van der Waals surface area contributed by atoms with Gasteiger partial charge in [-0.1, -0.05) is 29.8 Å². The van der Waals surface area contributed by atoms with Crippen LogP contribution in [0.3, 0.4) is 0 Å². The molecule has 0 heterocycles. The fourth-order valence-corrected chi connectivity index (χ4v) is 1.81. The van der Waals surface area contributed by atoms with Gasteiger partial charge in [0.05, 0.1) is 0 Å². The van der Waals surface area contributed by atoms with E-state index in [0.717, 1.165) is 4.47 Å². The molecule has 90 valence electrons. The SMILES string of the molecule is CC(C)(CNC(=O)C#N)c1cc(Br)ccc1F. The molecule has 0 fully saturated rings. The second kappa shape index (κ2) is 5.28. The summed E-state index contributed by atoms with van der Waals surface area (Å²) in [5, 5.41) is 10.8. The lowest BCUT2D eigenvalue weighted by Crippen LogP contribution is -2.36. The molecular weight excluding hydrogens is 287 g/mol. The van der Waals surface area contributed by atoms with Crippen molar-refractivity contribution in [1.82, 2.24) is 5.32 Å². The molecule has 1 amide bonds. The summed E-state index contributed by atoms with van der Waals surface area (Å²) in [6, 6.07) is 6.12. The third-order valence-electron chi connectivity index (χ3n) is 2.45. The average molecular weight is 299 g/mol. The average Bonchev–Trinajstić information content (AvgIpc) is 2.29. The van der Waals surface area contributed by atoms with Crippen molar-refractivity contribution in [2.75, 3.05) is 6.54 Å². The zero-order valence-electron chi connectivity index (χ0n) is 9.55. The van der Waals surface area contributed by atoms with E-state index in [1.165, 1.54) is 12.1 Å². The molecule has 1 aromatic rings. The zero-order valence-corrected chi connectivity index (χ0v) is 11.1. The van der Waals surface area contributed by atoms with Gasteiger partial charge in [0.15, 0.2) is 6.07 Å². The van der Waals surface area contributed by atoms with Gasteiger partial charge in [-0.3, -0.25) is 4.79 Å². The summed E-state index contributed by atoms with van der Waals surface area (Å²) in [6.07, 6.45) is 0. The van der Waals surface area contributed by atoms with Crippen molar-refractivity contribution in [1.29, 1.82) is 5.26 Å². The lowest BCUT2D eigenvalue weighted by atomic mass is 9.84. The summed E-state index contributed by atoms with van der Waals surface area (Å²) in [5.41, 5.74) is -0.0921. The monoisotopic (exact) mass is 298 g/mol. The van der Waals surface area contributed by atoms with Gasteiger partial charge in [0.2, 0.25) is 0 Å². The van der Waals surface area contributed by atoms with Crippen molar-refractivity contribution in [2.45, 2.75) is 19.3 Å². The highest BCUT2D eigenvalue weighted by Crippen LogP contribution is 2.27. The lowest BCUT2D eigenvalue weighted by Gasteiger charge is -2.25. The van der Waals surface area contributed by atoms with E-state index in [2.05, 4.69) is 21.2 Å². The molecule has 0 atom stereocenters. The molecule has 1 N–H and O–H groups in total.